The highest BCUT2D eigenvalue weighted by atomic mass is 16.6. The lowest BCUT2D eigenvalue weighted by Gasteiger charge is -2.68. The third-order valence-electron chi connectivity index (χ3n) is 12.7. The summed E-state index contributed by atoms with van der Waals surface area (Å²) in [5.41, 5.74) is 4.99. The summed E-state index contributed by atoms with van der Waals surface area (Å²) in [6, 6.07) is 20.8. The summed E-state index contributed by atoms with van der Waals surface area (Å²) >= 11 is 0. The van der Waals surface area contributed by atoms with Gasteiger partial charge in [0, 0.05) is 41.5 Å². The maximum atomic E-state index is 7.21. The summed E-state index contributed by atoms with van der Waals surface area (Å²) in [4.78, 5) is 2.71. The zero-order chi connectivity index (χ0) is 26.2. The van der Waals surface area contributed by atoms with Crippen molar-refractivity contribution in [2.24, 2.45) is 16.7 Å². The molecule has 5 aliphatic carbocycles. The second-order valence-electron chi connectivity index (χ2n) is 13.9. The molecule has 0 N–H and O–H groups in total. The van der Waals surface area contributed by atoms with Crippen LogP contribution < -0.4 is 9.47 Å². The van der Waals surface area contributed by atoms with E-state index in [1.54, 1.807) is 7.11 Å². The molecule has 2 heterocycles. The highest BCUT2D eigenvalue weighted by molar-refractivity contribution is 5.85. The summed E-state index contributed by atoms with van der Waals surface area (Å²) < 4.78 is 19.9. The molecular formula is C35H39NO3. The first kappa shape index (κ1) is 23.2. The topological polar surface area (TPSA) is 30.9 Å². The molecule has 5 fully saturated rings. The minimum absolute atomic E-state index is 0.0558. The normalized spacial score (nSPS) is 40.2. The van der Waals surface area contributed by atoms with E-state index in [1.165, 1.54) is 72.5 Å². The number of methoxy groups -OCH3 is 2. The predicted molar refractivity (Wildman–Crippen MR) is 153 cm³/mol. The molecule has 4 heteroatoms. The van der Waals surface area contributed by atoms with Crippen LogP contribution in [0.25, 0.3) is 10.8 Å². The molecule has 7 atom stereocenters. The maximum absolute atomic E-state index is 7.21. The highest BCUT2D eigenvalue weighted by Gasteiger charge is 2.87. The van der Waals surface area contributed by atoms with Gasteiger partial charge in [-0.05, 0) is 92.3 Å². The summed E-state index contributed by atoms with van der Waals surface area (Å²) in [6.07, 6.45) is 9.68. The van der Waals surface area contributed by atoms with Crippen molar-refractivity contribution >= 4 is 10.8 Å². The average molecular weight is 522 g/mol. The lowest BCUT2D eigenvalue weighted by atomic mass is 9.40. The van der Waals surface area contributed by atoms with Gasteiger partial charge in [-0.2, -0.15) is 0 Å². The fourth-order valence-corrected chi connectivity index (χ4v) is 11.9. The third-order valence-corrected chi connectivity index (χ3v) is 12.7. The SMILES string of the molecule is COc1ccc2c3c1OC1C4(OC)CCC5(CC4CCCc4cccc6ccccc46)C4N(C)CC4(C2)CC315. The van der Waals surface area contributed by atoms with Crippen LogP contribution in [0, 0.1) is 16.7 Å². The van der Waals surface area contributed by atoms with Crippen LogP contribution in [0.1, 0.15) is 55.2 Å². The van der Waals surface area contributed by atoms with Gasteiger partial charge >= 0.3 is 0 Å². The molecule has 39 heavy (non-hydrogen) atoms. The molecule has 3 aromatic carbocycles. The van der Waals surface area contributed by atoms with Gasteiger partial charge in [-0.1, -0.05) is 48.5 Å². The van der Waals surface area contributed by atoms with Gasteiger partial charge in [0.1, 0.15) is 11.7 Å². The van der Waals surface area contributed by atoms with Crippen LogP contribution in [0.15, 0.2) is 54.6 Å². The van der Waals surface area contributed by atoms with Crippen molar-refractivity contribution < 1.29 is 14.2 Å². The molecular weight excluding hydrogens is 482 g/mol. The predicted octanol–water partition coefficient (Wildman–Crippen LogP) is 6.32. The Morgan fingerprint density at radius 3 is 2.74 bits per heavy atom. The number of nitrogens with zero attached hydrogens (tertiary/aromatic N) is 1. The Kier molecular flexibility index (Phi) is 4.39. The van der Waals surface area contributed by atoms with Gasteiger partial charge in [-0.25, -0.2) is 0 Å². The summed E-state index contributed by atoms with van der Waals surface area (Å²) in [6.45, 7) is 1.22. The molecule has 0 radical (unpaired) electrons. The molecule has 0 amide bonds. The first-order valence-corrected chi connectivity index (χ1v) is 15.1. The molecule has 3 aromatic rings. The van der Waals surface area contributed by atoms with E-state index in [0.29, 0.717) is 17.4 Å². The highest BCUT2D eigenvalue weighted by Crippen LogP contribution is 2.83. The maximum Gasteiger partial charge on any atom is 0.165 e. The van der Waals surface area contributed by atoms with Crippen LogP contribution in [0.5, 0.6) is 11.5 Å². The Morgan fingerprint density at radius 1 is 1.03 bits per heavy atom. The molecule has 7 unspecified atom stereocenters. The van der Waals surface area contributed by atoms with Crippen molar-refractivity contribution in [3.63, 3.8) is 0 Å². The second-order valence-corrected chi connectivity index (χ2v) is 13.9. The van der Waals surface area contributed by atoms with Crippen LogP contribution in [-0.4, -0.2) is 50.5 Å². The Labute approximate surface area is 231 Å². The van der Waals surface area contributed by atoms with Crippen molar-refractivity contribution in [1.82, 2.24) is 4.90 Å². The molecule has 202 valence electrons. The van der Waals surface area contributed by atoms with E-state index in [2.05, 4.69) is 66.5 Å². The molecule has 10 rings (SSSR count). The van der Waals surface area contributed by atoms with E-state index >= 15 is 0 Å². The molecule has 4 bridgehead atoms. The van der Waals surface area contributed by atoms with Crippen molar-refractivity contribution in [2.45, 2.75) is 74.5 Å². The van der Waals surface area contributed by atoms with E-state index in [1.807, 2.05) is 7.11 Å². The first-order valence-electron chi connectivity index (χ1n) is 15.1. The van der Waals surface area contributed by atoms with Crippen LogP contribution in [0.4, 0.5) is 0 Å². The third kappa shape index (κ3) is 2.44. The summed E-state index contributed by atoms with van der Waals surface area (Å²) in [5.74, 6) is 2.47. The molecule has 1 saturated heterocycles. The Hall–Kier alpha value is -2.56. The molecule has 4 saturated carbocycles. The fourth-order valence-electron chi connectivity index (χ4n) is 11.9. The van der Waals surface area contributed by atoms with Crippen molar-refractivity contribution in [2.75, 3.05) is 27.8 Å². The van der Waals surface area contributed by atoms with E-state index in [-0.39, 0.29) is 22.5 Å². The van der Waals surface area contributed by atoms with Crippen molar-refractivity contribution in [3.05, 3.63) is 71.3 Å². The Balaban J connectivity index is 1.13. The van der Waals surface area contributed by atoms with Gasteiger partial charge in [0.25, 0.3) is 0 Å². The summed E-state index contributed by atoms with van der Waals surface area (Å²) in [5, 5.41) is 2.75. The molecule has 2 aliphatic heterocycles. The second kappa shape index (κ2) is 7.39. The van der Waals surface area contributed by atoms with E-state index < -0.39 is 0 Å². The van der Waals surface area contributed by atoms with Gasteiger partial charge in [-0.3, -0.25) is 0 Å². The molecule has 0 aromatic heterocycles. The monoisotopic (exact) mass is 521 g/mol. The quantitative estimate of drug-likeness (QED) is 0.380. The first-order chi connectivity index (χ1) is 19.0. The van der Waals surface area contributed by atoms with E-state index in [4.69, 9.17) is 14.2 Å². The molecule has 7 aliphatic rings. The number of benzene rings is 3. The number of likely N-dealkylation sites (tertiary alicyclic amines) is 1. The number of ether oxygens (including phenoxy) is 3. The van der Waals surface area contributed by atoms with Crippen LogP contribution in [-0.2, 0) is 23.0 Å². The lowest BCUT2D eigenvalue weighted by molar-refractivity contribution is -0.252. The van der Waals surface area contributed by atoms with Gasteiger partial charge < -0.3 is 19.1 Å². The van der Waals surface area contributed by atoms with Gasteiger partial charge in [0.15, 0.2) is 11.5 Å². The number of hydrogen-bond donors (Lipinski definition) is 0. The van der Waals surface area contributed by atoms with Gasteiger partial charge in [-0.15, -0.1) is 0 Å². The van der Waals surface area contributed by atoms with Crippen molar-refractivity contribution in [1.29, 1.82) is 0 Å². The molecule has 4 nitrogen and oxygen atoms in total. The Morgan fingerprint density at radius 2 is 1.90 bits per heavy atom. The largest absolute Gasteiger partial charge is 0.493 e. The number of fused-ring (bicyclic) bond motifs is 3. The fraction of sp³-hybridized carbons (Fsp3) is 0.543. The standard InChI is InChI=1S/C35H39NO3/c1-36-21-32-18-24-14-15-27(37-2)29-28(24)34(20-32)31(39-29)35(38-3)17-16-33(34,30(32)36)19-25(35)12-7-11-23-10-6-9-22-8-4-5-13-26(22)23/h4-6,8-10,13-15,25,30-31H,7,11-12,16-21H2,1-3H3. The van der Waals surface area contributed by atoms with E-state index in [9.17, 15) is 0 Å². The lowest BCUT2D eigenvalue weighted by Crippen LogP contribution is -2.75. The number of aryl methyl sites for hydroxylation is 1. The average Bonchev–Trinajstić information content (AvgIpc) is 3.39. The van der Waals surface area contributed by atoms with Crippen molar-refractivity contribution in [3.8, 4) is 11.5 Å². The van der Waals surface area contributed by atoms with Crippen LogP contribution in [0.2, 0.25) is 0 Å². The Bertz CT molecular complexity index is 1530. The minimum atomic E-state index is -0.233. The van der Waals surface area contributed by atoms with Gasteiger partial charge in [0.05, 0.1) is 7.11 Å². The van der Waals surface area contributed by atoms with Gasteiger partial charge in [0.2, 0.25) is 0 Å². The smallest absolute Gasteiger partial charge is 0.165 e. The minimum Gasteiger partial charge on any atom is -0.493 e. The zero-order valence-electron chi connectivity index (χ0n) is 23.5. The number of hydrogen-bond acceptors (Lipinski definition) is 4. The van der Waals surface area contributed by atoms with Crippen LogP contribution in [0.3, 0.4) is 0 Å². The van der Waals surface area contributed by atoms with Crippen LogP contribution >= 0.6 is 0 Å². The number of rotatable bonds is 6. The zero-order valence-corrected chi connectivity index (χ0v) is 23.5. The summed E-state index contributed by atoms with van der Waals surface area (Å²) in [7, 11) is 6.16. The van der Waals surface area contributed by atoms with E-state index in [0.717, 1.165) is 24.3 Å². The molecule has 3 spiro atoms.